The van der Waals surface area contributed by atoms with E-state index in [-0.39, 0.29) is 0 Å². The highest BCUT2D eigenvalue weighted by Crippen LogP contribution is 2.34. The van der Waals surface area contributed by atoms with Gasteiger partial charge in [0.15, 0.2) is 0 Å². The highest BCUT2D eigenvalue weighted by Gasteiger charge is 2.26. The first-order chi connectivity index (χ1) is 12.7. The molecule has 6 nitrogen and oxygen atoms in total. The minimum absolute atomic E-state index is 0.352. The zero-order valence-corrected chi connectivity index (χ0v) is 19.9. The lowest BCUT2D eigenvalue weighted by atomic mass is 9.95. The standard InChI is InChI=1S/C18H21Br3O6/c1-10(22)25-16(7-19)13-4-5-14(17(8-20)26-11(2)23)15(6-13)18(9-21)27-12(3)24/h4-6,16-18H,7-9H2,1-3H3. The summed E-state index contributed by atoms with van der Waals surface area (Å²) in [7, 11) is 0. The van der Waals surface area contributed by atoms with Crippen molar-refractivity contribution in [2.24, 2.45) is 0 Å². The molecule has 150 valence electrons. The first-order valence-electron chi connectivity index (χ1n) is 8.06. The van der Waals surface area contributed by atoms with Crippen LogP contribution >= 0.6 is 47.8 Å². The zero-order chi connectivity index (χ0) is 20.6. The van der Waals surface area contributed by atoms with Crippen LogP contribution in [0.1, 0.15) is 55.8 Å². The van der Waals surface area contributed by atoms with E-state index in [1.807, 2.05) is 0 Å². The number of carbonyl (C=O) groups is 3. The maximum atomic E-state index is 11.5. The molecular formula is C18H21Br3O6. The Morgan fingerprint density at radius 3 is 1.56 bits per heavy atom. The van der Waals surface area contributed by atoms with Crippen LogP contribution < -0.4 is 0 Å². The summed E-state index contributed by atoms with van der Waals surface area (Å²) in [5.74, 6) is -1.26. The molecule has 1 aromatic carbocycles. The number of rotatable bonds is 9. The monoisotopic (exact) mass is 570 g/mol. The largest absolute Gasteiger partial charge is 0.457 e. The molecule has 1 rings (SSSR count). The van der Waals surface area contributed by atoms with Gasteiger partial charge in [0.25, 0.3) is 0 Å². The maximum absolute atomic E-state index is 11.5. The third-order valence-corrected chi connectivity index (χ3v) is 5.29. The number of halogens is 3. The SMILES string of the molecule is CC(=O)OC(CBr)c1ccc(C(CBr)OC(C)=O)c(C(CBr)OC(C)=O)c1. The molecule has 3 unspecified atom stereocenters. The molecule has 0 N–H and O–H groups in total. The Balaban J connectivity index is 3.46. The number of hydrogen-bond donors (Lipinski definition) is 0. The van der Waals surface area contributed by atoms with Crippen molar-refractivity contribution in [3.8, 4) is 0 Å². The van der Waals surface area contributed by atoms with Gasteiger partial charge in [-0.1, -0.05) is 59.9 Å². The fourth-order valence-electron chi connectivity index (χ4n) is 2.51. The van der Waals surface area contributed by atoms with E-state index in [9.17, 15) is 14.4 Å². The summed E-state index contributed by atoms with van der Waals surface area (Å²) in [6, 6.07) is 5.39. The second-order valence-corrected chi connectivity index (χ2v) is 7.59. The van der Waals surface area contributed by atoms with E-state index in [4.69, 9.17) is 14.2 Å². The third-order valence-electron chi connectivity index (χ3n) is 3.52. The first kappa shape index (κ1) is 24.1. The summed E-state index contributed by atoms with van der Waals surface area (Å²) in [6.07, 6.45) is -1.65. The Hall–Kier alpha value is -0.930. The molecule has 0 saturated heterocycles. The Morgan fingerprint density at radius 2 is 1.15 bits per heavy atom. The van der Waals surface area contributed by atoms with Gasteiger partial charge in [0.1, 0.15) is 18.3 Å². The number of alkyl halides is 3. The predicted molar refractivity (Wildman–Crippen MR) is 111 cm³/mol. The van der Waals surface area contributed by atoms with Crippen molar-refractivity contribution < 1.29 is 28.6 Å². The van der Waals surface area contributed by atoms with Gasteiger partial charge in [-0.3, -0.25) is 14.4 Å². The molecule has 0 amide bonds. The lowest BCUT2D eigenvalue weighted by Crippen LogP contribution is -2.18. The molecule has 0 aliphatic carbocycles. The summed E-state index contributed by atoms with van der Waals surface area (Å²) >= 11 is 10.1. The van der Waals surface area contributed by atoms with Crippen molar-refractivity contribution in [2.45, 2.75) is 39.1 Å². The second kappa shape index (κ2) is 11.8. The Labute approximate surface area is 183 Å². The van der Waals surface area contributed by atoms with Crippen LogP contribution in [0, 0.1) is 0 Å². The quantitative estimate of drug-likeness (QED) is 0.243. The molecule has 0 saturated carbocycles. The molecule has 0 aliphatic heterocycles. The van der Waals surface area contributed by atoms with Crippen LogP contribution in [0.15, 0.2) is 18.2 Å². The van der Waals surface area contributed by atoms with Crippen molar-refractivity contribution in [1.29, 1.82) is 0 Å². The van der Waals surface area contributed by atoms with E-state index in [0.717, 1.165) is 5.56 Å². The number of hydrogen-bond acceptors (Lipinski definition) is 6. The van der Waals surface area contributed by atoms with Gasteiger partial charge in [-0.05, 0) is 11.6 Å². The van der Waals surface area contributed by atoms with E-state index < -0.39 is 36.2 Å². The van der Waals surface area contributed by atoms with Crippen LogP contribution in [0.2, 0.25) is 0 Å². The number of ether oxygens (including phenoxy) is 3. The van der Waals surface area contributed by atoms with Crippen molar-refractivity contribution in [3.05, 3.63) is 34.9 Å². The van der Waals surface area contributed by atoms with Gasteiger partial charge in [-0.2, -0.15) is 0 Å². The van der Waals surface area contributed by atoms with Crippen molar-refractivity contribution >= 4 is 65.7 Å². The van der Waals surface area contributed by atoms with Crippen LogP contribution in [-0.2, 0) is 28.6 Å². The van der Waals surface area contributed by atoms with E-state index in [1.54, 1.807) is 18.2 Å². The van der Waals surface area contributed by atoms with Gasteiger partial charge in [-0.15, -0.1) is 0 Å². The van der Waals surface area contributed by atoms with E-state index in [0.29, 0.717) is 27.1 Å². The van der Waals surface area contributed by atoms with Gasteiger partial charge in [0.2, 0.25) is 0 Å². The fourth-order valence-corrected chi connectivity index (χ4v) is 3.98. The van der Waals surface area contributed by atoms with Gasteiger partial charge in [-0.25, -0.2) is 0 Å². The normalized spacial score (nSPS) is 14.0. The highest BCUT2D eigenvalue weighted by atomic mass is 79.9. The van der Waals surface area contributed by atoms with Crippen LogP contribution in [0.25, 0.3) is 0 Å². The molecule has 0 spiro atoms. The fraction of sp³-hybridized carbons (Fsp3) is 0.500. The van der Waals surface area contributed by atoms with Crippen LogP contribution in [-0.4, -0.2) is 33.9 Å². The van der Waals surface area contributed by atoms with Crippen LogP contribution in [0.3, 0.4) is 0 Å². The molecule has 0 aliphatic rings. The van der Waals surface area contributed by atoms with Gasteiger partial charge >= 0.3 is 17.9 Å². The molecule has 0 fully saturated rings. The zero-order valence-electron chi connectivity index (χ0n) is 15.2. The van der Waals surface area contributed by atoms with Crippen molar-refractivity contribution in [2.75, 3.05) is 16.0 Å². The first-order valence-corrected chi connectivity index (χ1v) is 11.4. The molecule has 0 radical (unpaired) electrons. The molecule has 0 bridgehead atoms. The molecule has 0 aromatic heterocycles. The summed E-state index contributed by atoms with van der Waals surface area (Å²) < 4.78 is 16.1. The lowest BCUT2D eigenvalue weighted by Gasteiger charge is -2.25. The Kier molecular flexibility index (Phi) is 10.5. The lowest BCUT2D eigenvalue weighted by molar-refractivity contribution is -0.147. The van der Waals surface area contributed by atoms with Gasteiger partial charge in [0.05, 0.1) is 0 Å². The van der Waals surface area contributed by atoms with E-state index in [2.05, 4.69) is 47.8 Å². The Morgan fingerprint density at radius 1 is 0.741 bits per heavy atom. The Bertz CT molecular complexity index is 679. The molecule has 0 heterocycles. The van der Waals surface area contributed by atoms with Crippen molar-refractivity contribution in [1.82, 2.24) is 0 Å². The minimum atomic E-state index is -0.595. The molecule has 9 heteroatoms. The van der Waals surface area contributed by atoms with Crippen molar-refractivity contribution in [3.63, 3.8) is 0 Å². The number of benzene rings is 1. The molecule has 3 atom stereocenters. The average Bonchev–Trinajstić information content (AvgIpc) is 2.61. The maximum Gasteiger partial charge on any atom is 0.303 e. The average molecular weight is 573 g/mol. The van der Waals surface area contributed by atoms with Crippen LogP contribution in [0.4, 0.5) is 0 Å². The van der Waals surface area contributed by atoms with Gasteiger partial charge in [0, 0.05) is 47.9 Å². The second-order valence-electron chi connectivity index (χ2n) is 5.65. The number of carbonyl (C=O) groups excluding carboxylic acids is 3. The van der Waals surface area contributed by atoms with Gasteiger partial charge < -0.3 is 14.2 Å². The molecule has 27 heavy (non-hydrogen) atoms. The van der Waals surface area contributed by atoms with Crippen LogP contribution in [0.5, 0.6) is 0 Å². The summed E-state index contributed by atoms with van der Waals surface area (Å²) in [4.78, 5) is 34.3. The van der Waals surface area contributed by atoms with E-state index in [1.165, 1.54) is 20.8 Å². The smallest absolute Gasteiger partial charge is 0.303 e. The number of esters is 3. The highest BCUT2D eigenvalue weighted by molar-refractivity contribution is 9.09. The summed E-state index contributed by atoms with van der Waals surface area (Å²) in [5, 5.41) is 1.13. The third kappa shape index (κ3) is 7.54. The summed E-state index contributed by atoms with van der Waals surface area (Å²) in [5.41, 5.74) is 2.10. The summed E-state index contributed by atoms with van der Waals surface area (Å²) in [6.45, 7) is 4.00. The van der Waals surface area contributed by atoms with E-state index >= 15 is 0 Å². The predicted octanol–water partition coefficient (Wildman–Crippen LogP) is 4.68. The molecule has 1 aromatic rings. The molecular weight excluding hydrogens is 552 g/mol. The topological polar surface area (TPSA) is 78.9 Å². The minimum Gasteiger partial charge on any atom is -0.457 e.